The van der Waals surface area contributed by atoms with Gasteiger partial charge in [0.15, 0.2) is 0 Å². The van der Waals surface area contributed by atoms with Gasteiger partial charge in [0.25, 0.3) is 0 Å². The van der Waals surface area contributed by atoms with Gasteiger partial charge in [-0.15, -0.1) is 6.58 Å². The summed E-state index contributed by atoms with van der Waals surface area (Å²) in [5.41, 5.74) is 1.00. The predicted molar refractivity (Wildman–Crippen MR) is 76.3 cm³/mol. The van der Waals surface area contributed by atoms with Crippen molar-refractivity contribution in [2.24, 2.45) is 0 Å². The summed E-state index contributed by atoms with van der Waals surface area (Å²) in [6, 6.07) is 0.188. The molecule has 2 fully saturated rings. The zero-order chi connectivity index (χ0) is 13.9. The minimum atomic E-state index is 0.0367. The van der Waals surface area contributed by atoms with Crippen molar-refractivity contribution in [2.75, 3.05) is 19.8 Å². The molecule has 0 bridgehead atoms. The van der Waals surface area contributed by atoms with Gasteiger partial charge in [-0.05, 0) is 32.1 Å². The zero-order valence-corrected chi connectivity index (χ0v) is 11.9. The Labute approximate surface area is 120 Å². The normalized spacial score (nSPS) is 32.9. The maximum atomic E-state index is 12.6. The molecule has 1 aliphatic heterocycles. The highest BCUT2D eigenvalue weighted by molar-refractivity contribution is 5.94. The summed E-state index contributed by atoms with van der Waals surface area (Å²) in [5.74, 6) is 0.227. The molecule has 4 heteroatoms. The summed E-state index contributed by atoms with van der Waals surface area (Å²) in [6.45, 7) is 5.57. The van der Waals surface area contributed by atoms with Crippen molar-refractivity contribution in [2.45, 2.75) is 50.4 Å². The lowest BCUT2D eigenvalue weighted by molar-refractivity contribution is -0.147. The number of carbonyl (C=O) groups excluding carboxylic acids is 1. The van der Waals surface area contributed by atoms with Crippen molar-refractivity contribution in [1.82, 2.24) is 4.90 Å². The fourth-order valence-corrected chi connectivity index (χ4v) is 3.59. The van der Waals surface area contributed by atoms with Gasteiger partial charge in [-0.1, -0.05) is 12.2 Å². The molecule has 1 saturated carbocycles. The van der Waals surface area contributed by atoms with Crippen LogP contribution in [0.25, 0.3) is 0 Å². The molecule has 0 spiro atoms. The zero-order valence-electron chi connectivity index (χ0n) is 11.9. The molecular weight excluding hydrogens is 254 g/mol. The molecule has 0 radical (unpaired) electrons. The average molecular weight is 277 g/mol. The van der Waals surface area contributed by atoms with Crippen molar-refractivity contribution in [1.29, 1.82) is 0 Å². The lowest BCUT2D eigenvalue weighted by atomic mass is 10.1. The molecular formula is C16H23NO3. The lowest BCUT2D eigenvalue weighted by Gasteiger charge is -2.39. The molecule has 0 unspecified atom stereocenters. The number of hydrogen-bond acceptors (Lipinski definition) is 3. The first-order chi connectivity index (χ1) is 9.81. The Morgan fingerprint density at radius 2 is 2.45 bits per heavy atom. The molecule has 0 N–H and O–H groups in total. The Balaban J connectivity index is 1.68. The van der Waals surface area contributed by atoms with Gasteiger partial charge in [-0.3, -0.25) is 4.79 Å². The third-order valence-electron chi connectivity index (χ3n) is 4.54. The smallest absolute Gasteiger partial charge is 0.249 e. The first-order valence-electron chi connectivity index (χ1n) is 7.65. The number of amides is 1. The minimum Gasteiger partial charge on any atom is -0.372 e. The van der Waals surface area contributed by atoms with E-state index in [0.29, 0.717) is 19.8 Å². The van der Waals surface area contributed by atoms with Gasteiger partial charge in [0, 0.05) is 12.1 Å². The van der Waals surface area contributed by atoms with Crippen LogP contribution in [0.1, 0.15) is 32.1 Å². The van der Waals surface area contributed by atoms with Gasteiger partial charge in [-0.25, -0.2) is 0 Å². The lowest BCUT2D eigenvalue weighted by Crippen LogP contribution is -2.54. The highest BCUT2D eigenvalue weighted by Gasteiger charge is 2.45. The number of rotatable bonds is 4. The van der Waals surface area contributed by atoms with E-state index in [1.54, 1.807) is 6.08 Å². The fraction of sp³-hybridized carbons (Fsp3) is 0.688. The summed E-state index contributed by atoms with van der Waals surface area (Å²) in [6.07, 6.45) is 9.05. The number of allylic oxidation sites excluding steroid dienone is 1. The summed E-state index contributed by atoms with van der Waals surface area (Å²) in [4.78, 5) is 14.6. The molecule has 110 valence electrons. The van der Waals surface area contributed by atoms with Crippen LogP contribution in [0.15, 0.2) is 24.3 Å². The van der Waals surface area contributed by atoms with Gasteiger partial charge in [-0.2, -0.15) is 0 Å². The molecule has 3 atom stereocenters. The van der Waals surface area contributed by atoms with Crippen LogP contribution >= 0.6 is 0 Å². The molecule has 1 amide bonds. The van der Waals surface area contributed by atoms with Gasteiger partial charge < -0.3 is 14.4 Å². The van der Waals surface area contributed by atoms with E-state index in [0.717, 1.165) is 37.7 Å². The summed E-state index contributed by atoms with van der Waals surface area (Å²) < 4.78 is 11.7. The third-order valence-corrected chi connectivity index (χ3v) is 4.54. The van der Waals surface area contributed by atoms with Crippen molar-refractivity contribution in [3.8, 4) is 0 Å². The monoisotopic (exact) mass is 277 g/mol. The van der Waals surface area contributed by atoms with E-state index in [1.165, 1.54) is 0 Å². The number of fused-ring (bicyclic) bond motifs is 1. The van der Waals surface area contributed by atoms with Crippen LogP contribution in [0.4, 0.5) is 0 Å². The first kappa shape index (κ1) is 13.8. The van der Waals surface area contributed by atoms with Crippen molar-refractivity contribution >= 4 is 5.91 Å². The standard InChI is InChI=1S/C16H23NO3/c1-2-10-19-14-8-7-13-15(14)20-11-9-17(13)16(18)12-5-3-4-6-12/h2,5,13-15H,1,3-4,6-11H2/t13-,14-,15-/m1/s1. The second-order valence-electron chi connectivity index (χ2n) is 5.76. The van der Waals surface area contributed by atoms with E-state index >= 15 is 0 Å². The Hall–Kier alpha value is -1.13. The molecule has 1 heterocycles. The van der Waals surface area contributed by atoms with Crippen LogP contribution in [0, 0.1) is 0 Å². The number of hydrogen-bond donors (Lipinski definition) is 0. The Morgan fingerprint density at radius 1 is 1.55 bits per heavy atom. The highest BCUT2D eigenvalue weighted by Crippen LogP contribution is 2.33. The van der Waals surface area contributed by atoms with Crippen molar-refractivity contribution in [3.05, 3.63) is 24.3 Å². The van der Waals surface area contributed by atoms with Crippen LogP contribution in [0.5, 0.6) is 0 Å². The minimum absolute atomic E-state index is 0.0367. The fourth-order valence-electron chi connectivity index (χ4n) is 3.59. The third kappa shape index (κ3) is 2.54. The van der Waals surface area contributed by atoms with E-state index in [1.807, 2.05) is 4.90 Å². The van der Waals surface area contributed by atoms with E-state index in [9.17, 15) is 4.79 Å². The van der Waals surface area contributed by atoms with Crippen LogP contribution in [0.3, 0.4) is 0 Å². The molecule has 1 saturated heterocycles. The highest BCUT2D eigenvalue weighted by atomic mass is 16.5. The van der Waals surface area contributed by atoms with Crippen LogP contribution in [0.2, 0.25) is 0 Å². The molecule has 0 aromatic heterocycles. The van der Waals surface area contributed by atoms with Crippen molar-refractivity contribution in [3.63, 3.8) is 0 Å². The van der Waals surface area contributed by atoms with Crippen molar-refractivity contribution < 1.29 is 14.3 Å². The van der Waals surface area contributed by atoms with E-state index in [2.05, 4.69) is 12.7 Å². The van der Waals surface area contributed by atoms with Gasteiger partial charge in [0.05, 0.1) is 25.4 Å². The quantitative estimate of drug-likeness (QED) is 0.738. The average Bonchev–Trinajstić information content (AvgIpc) is 3.13. The second-order valence-corrected chi connectivity index (χ2v) is 5.76. The molecule has 3 aliphatic rings. The largest absolute Gasteiger partial charge is 0.372 e. The molecule has 0 aromatic rings. The number of nitrogens with zero attached hydrogens (tertiary/aromatic N) is 1. The SMILES string of the molecule is C=CCO[C@@H]1CC[C@@H]2[C@H]1OCCN2C(=O)C1=CCCC1. The number of ether oxygens (including phenoxy) is 2. The van der Waals surface area contributed by atoms with Crippen LogP contribution in [-0.2, 0) is 14.3 Å². The second kappa shape index (κ2) is 6.10. The Kier molecular flexibility index (Phi) is 4.22. The summed E-state index contributed by atoms with van der Waals surface area (Å²) in [7, 11) is 0. The molecule has 20 heavy (non-hydrogen) atoms. The predicted octanol–water partition coefficient (Wildman–Crippen LogP) is 2.06. The van der Waals surface area contributed by atoms with Gasteiger partial charge >= 0.3 is 0 Å². The van der Waals surface area contributed by atoms with E-state index in [4.69, 9.17) is 9.47 Å². The Bertz CT molecular complexity index is 418. The number of morpholine rings is 1. The summed E-state index contributed by atoms with van der Waals surface area (Å²) in [5, 5.41) is 0. The molecule has 0 aromatic carbocycles. The van der Waals surface area contributed by atoms with Gasteiger partial charge in [0.1, 0.15) is 6.10 Å². The molecule has 3 rings (SSSR count). The first-order valence-corrected chi connectivity index (χ1v) is 7.65. The maximum absolute atomic E-state index is 12.6. The topological polar surface area (TPSA) is 38.8 Å². The van der Waals surface area contributed by atoms with Crippen LogP contribution in [-0.4, -0.2) is 48.8 Å². The maximum Gasteiger partial charge on any atom is 0.249 e. The Morgan fingerprint density at radius 3 is 3.20 bits per heavy atom. The summed E-state index contributed by atoms with van der Waals surface area (Å²) >= 11 is 0. The van der Waals surface area contributed by atoms with Crippen LogP contribution < -0.4 is 0 Å². The van der Waals surface area contributed by atoms with Gasteiger partial charge in [0.2, 0.25) is 5.91 Å². The molecule has 2 aliphatic carbocycles. The van der Waals surface area contributed by atoms with E-state index in [-0.39, 0.29) is 24.2 Å². The number of carbonyl (C=O) groups is 1. The van der Waals surface area contributed by atoms with E-state index < -0.39 is 0 Å². The molecule has 4 nitrogen and oxygen atoms in total.